The molecule has 112 valence electrons. The molecular weight excluding hydrogens is 266 g/mol. The van der Waals surface area contributed by atoms with E-state index >= 15 is 0 Å². The molecule has 2 rings (SSSR count). The van der Waals surface area contributed by atoms with Crippen LogP contribution >= 0.6 is 11.3 Å². The molecule has 0 radical (unpaired) electrons. The topological polar surface area (TPSA) is 30.0 Å². The van der Waals surface area contributed by atoms with E-state index in [1.807, 2.05) is 6.92 Å². The van der Waals surface area contributed by atoms with Crippen molar-refractivity contribution in [3.8, 4) is 0 Å². The van der Waals surface area contributed by atoms with Crippen LogP contribution in [0, 0.1) is 25.7 Å². The van der Waals surface area contributed by atoms with Gasteiger partial charge in [-0.2, -0.15) is 0 Å². The number of carbonyl (C=O) groups is 1. The fourth-order valence-corrected chi connectivity index (χ4v) is 4.12. The minimum Gasteiger partial charge on any atom is -0.299 e. The molecular formula is C17H27NOS. The first-order chi connectivity index (χ1) is 9.60. The second-order valence-electron chi connectivity index (χ2n) is 6.25. The zero-order valence-corrected chi connectivity index (χ0v) is 13.9. The Kier molecular flexibility index (Phi) is 5.76. The van der Waals surface area contributed by atoms with E-state index in [4.69, 9.17) is 0 Å². The van der Waals surface area contributed by atoms with Crippen LogP contribution in [0.5, 0.6) is 0 Å². The van der Waals surface area contributed by atoms with E-state index < -0.39 is 0 Å². The van der Waals surface area contributed by atoms with Crippen molar-refractivity contribution in [1.29, 1.82) is 0 Å². The molecule has 3 heteroatoms. The van der Waals surface area contributed by atoms with E-state index in [1.165, 1.54) is 37.0 Å². The van der Waals surface area contributed by atoms with Crippen molar-refractivity contribution in [2.75, 3.05) is 0 Å². The fourth-order valence-electron chi connectivity index (χ4n) is 3.17. The number of nitrogens with zero attached hydrogens (tertiary/aromatic N) is 1. The highest BCUT2D eigenvalue weighted by Gasteiger charge is 2.26. The van der Waals surface area contributed by atoms with Crippen LogP contribution in [0.15, 0.2) is 0 Å². The van der Waals surface area contributed by atoms with E-state index in [2.05, 4.69) is 18.8 Å². The molecule has 2 nitrogen and oxygen atoms in total. The third-order valence-electron chi connectivity index (χ3n) is 4.67. The minimum absolute atomic E-state index is 0.303. The SMILES string of the molecule is CCCCC1CCC(C(=O)Cc2nc(C)c(C)s2)CC1. The van der Waals surface area contributed by atoms with Gasteiger partial charge in [-0.25, -0.2) is 4.98 Å². The largest absolute Gasteiger partial charge is 0.299 e. The van der Waals surface area contributed by atoms with Crippen LogP contribution in [0.4, 0.5) is 0 Å². The predicted molar refractivity (Wildman–Crippen MR) is 85.3 cm³/mol. The molecule has 20 heavy (non-hydrogen) atoms. The lowest BCUT2D eigenvalue weighted by Gasteiger charge is -2.27. The molecule has 1 aromatic rings. The number of aromatic nitrogens is 1. The Balaban J connectivity index is 1.80. The molecule has 1 heterocycles. The van der Waals surface area contributed by atoms with E-state index in [1.54, 1.807) is 11.3 Å². The van der Waals surface area contributed by atoms with Crippen molar-refractivity contribution >= 4 is 17.1 Å². The summed E-state index contributed by atoms with van der Waals surface area (Å²) in [6.45, 7) is 6.37. The fraction of sp³-hybridized carbons (Fsp3) is 0.765. The Labute approximate surface area is 127 Å². The Morgan fingerprint density at radius 1 is 1.25 bits per heavy atom. The Bertz CT molecular complexity index is 424. The van der Waals surface area contributed by atoms with Gasteiger partial charge in [-0.1, -0.05) is 26.2 Å². The number of ketones is 1. The van der Waals surface area contributed by atoms with Gasteiger partial charge in [0.2, 0.25) is 0 Å². The van der Waals surface area contributed by atoms with E-state index in [0.717, 1.165) is 29.5 Å². The molecule has 0 aromatic carbocycles. The zero-order chi connectivity index (χ0) is 14.5. The first-order valence-corrected chi connectivity index (χ1v) is 8.87. The monoisotopic (exact) mass is 293 g/mol. The number of aryl methyl sites for hydroxylation is 2. The van der Waals surface area contributed by atoms with E-state index in [0.29, 0.717) is 18.1 Å². The maximum atomic E-state index is 12.4. The van der Waals surface area contributed by atoms with Gasteiger partial charge in [0, 0.05) is 10.8 Å². The molecule has 0 saturated heterocycles. The number of hydrogen-bond acceptors (Lipinski definition) is 3. The van der Waals surface area contributed by atoms with Crippen molar-refractivity contribution in [3.63, 3.8) is 0 Å². The van der Waals surface area contributed by atoms with Crippen molar-refractivity contribution in [1.82, 2.24) is 4.98 Å². The zero-order valence-electron chi connectivity index (χ0n) is 13.1. The van der Waals surface area contributed by atoms with Gasteiger partial charge in [0.1, 0.15) is 10.8 Å². The van der Waals surface area contributed by atoms with Gasteiger partial charge in [0.05, 0.1) is 12.1 Å². The molecule has 0 unspecified atom stereocenters. The second-order valence-corrected chi connectivity index (χ2v) is 7.54. The molecule has 0 spiro atoms. The van der Waals surface area contributed by atoms with Crippen LogP contribution in [0.3, 0.4) is 0 Å². The number of Topliss-reactive ketones (excluding diaryl/α,β-unsaturated/α-hetero) is 1. The third-order valence-corrected chi connectivity index (χ3v) is 5.74. The molecule has 0 N–H and O–H groups in total. The van der Waals surface area contributed by atoms with Crippen LogP contribution in [0.2, 0.25) is 0 Å². The molecule has 1 saturated carbocycles. The molecule has 0 aliphatic heterocycles. The van der Waals surface area contributed by atoms with Gasteiger partial charge < -0.3 is 0 Å². The first-order valence-electron chi connectivity index (χ1n) is 8.05. The number of unbranched alkanes of at least 4 members (excludes halogenated alkanes) is 1. The third kappa shape index (κ3) is 4.15. The number of hydrogen-bond donors (Lipinski definition) is 0. The normalized spacial score (nSPS) is 22.9. The van der Waals surface area contributed by atoms with Crippen molar-refractivity contribution in [2.24, 2.45) is 11.8 Å². The van der Waals surface area contributed by atoms with Crippen molar-refractivity contribution < 1.29 is 4.79 Å². The Hall–Kier alpha value is -0.700. The van der Waals surface area contributed by atoms with Gasteiger partial charge in [-0.3, -0.25) is 4.79 Å². The summed E-state index contributed by atoms with van der Waals surface area (Å²) in [4.78, 5) is 18.1. The molecule has 1 aromatic heterocycles. The quantitative estimate of drug-likeness (QED) is 0.749. The summed E-state index contributed by atoms with van der Waals surface area (Å²) in [6, 6.07) is 0. The van der Waals surface area contributed by atoms with Gasteiger partial charge in [-0.05, 0) is 45.4 Å². The van der Waals surface area contributed by atoms with E-state index in [9.17, 15) is 4.79 Å². The van der Waals surface area contributed by atoms with Crippen LogP contribution in [0.1, 0.15) is 67.4 Å². The maximum absolute atomic E-state index is 12.4. The Morgan fingerprint density at radius 2 is 1.95 bits per heavy atom. The summed E-state index contributed by atoms with van der Waals surface area (Å²) < 4.78 is 0. The van der Waals surface area contributed by atoms with Gasteiger partial charge >= 0.3 is 0 Å². The average Bonchev–Trinajstić information content (AvgIpc) is 2.75. The molecule has 0 atom stereocenters. The Morgan fingerprint density at radius 3 is 2.50 bits per heavy atom. The van der Waals surface area contributed by atoms with Gasteiger partial charge in [0.15, 0.2) is 0 Å². The summed E-state index contributed by atoms with van der Waals surface area (Å²) in [5.41, 5.74) is 1.08. The highest BCUT2D eigenvalue weighted by molar-refractivity contribution is 7.11. The molecule has 0 amide bonds. The number of thiazole rings is 1. The highest BCUT2D eigenvalue weighted by atomic mass is 32.1. The maximum Gasteiger partial charge on any atom is 0.142 e. The first kappa shape index (κ1) is 15.7. The summed E-state index contributed by atoms with van der Waals surface area (Å²) in [6.07, 6.45) is 9.29. The molecule has 1 aliphatic carbocycles. The number of carbonyl (C=O) groups excluding carboxylic acids is 1. The summed E-state index contributed by atoms with van der Waals surface area (Å²) in [7, 11) is 0. The average molecular weight is 293 g/mol. The lowest BCUT2D eigenvalue weighted by Crippen LogP contribution is -2.23. The number of rotatable bonds is 6. The lowest BCUT2D eigenvalue weighted by atomic mass is 9.78. The van der Waals surface area contributed by atoms with Gasteiger partial charge in [-0.15, -0.1) is 11.3 Å². The summed E-state index contributed by atoms with van der Waals surface area (Å²) >= 11 is 1.69. The van der Waals surface area contributed by atoms with Crippen LogP contribution in [0.25, 0.3) is 0 Å². The predicted octanol–water partition coefficient (Wildman–Crippen LogP) is 4.87. The summed E-state index contributed by atoms with van der Waals surface area (Å²) in [5.74, 6) is 1.61. The minimum atomic E-state index is 0.303. The molecule has 0 bridgehead atoms. The summed E-state index contributed by atoms with van der Waals surface area (Å²) in [5, 5.41) is 1.01. The van der Waals surface area contributed by atoms with Crippen LogP contribution in [-0.4, -0.2) is 10.8 Å². The molecule has 1 aliphatic rings. The van der Waals surface area contributed by atoms with Crippen LogP contribution < -0.4 is 0 Å². The van der Waals surface area contributed by atoms with Crippen LogP contribution in [-0.2, 0) is 11.2 Å². The molecule has 1 fully saturated rings. The van der Waals surface area contributed by atoms with Crippen molar-refractivity contribution in [2.45, 2.75) is 72.1 Å². The van der Waals surface area contributed by atoms with Gasteiger partial charge in [0.25, 0.3) is 0 Å². The second kappa shape index (κ2) is 7.35. The lowest BCUT2D eigenvalue weighted by molar-refractivity contribution is -0.123. The smallest absolute Gasteiger partial charge is 0.142 e. The standard InChI is InChI=1S/C17H27NOS/c1-4-5-6-14-7-9-15(10-8-14)16(19)11-17-18-12(2)13(3)20-17/h14-15H,4-11H2,1-3H3. The van der Waals surface area contributed by atoms with Crippen molar-refractivity contribution in [3.05, 3.63) is 15.6 Å². The highest BCUT2D eigenvalue weighted by Crippen LogP contribution is 2.33. The van der Waals surface area contributed by atoms with E-state index in [-0.39, 0.29) is 0 Å².